The van der Waals surface area contributed by atoms with Crippen LogP contribution in [-0.4, -0.2) is 18.8 Å². The van der Waals surface area contributed by atoms with E-state index in [1.807, 2.05) is 18.8 Å². The van der Waals surface area contributed by atoms with Gasteiger partial charge in [-0.05, 0) is 43.6 Å². The van der Waals surface area contributed by atoms with Gasteiger partial charge in [0.05, 0.1) is 0 Å². The number of hydrogen-bond acceptors (Lipinski definition) is 3. The van der Waals surface area contributed by atoms with E-state index in [0.717, 1.165) is 13.0 Å². The predicted molar refractivity (Wildman–Crippen MR) is 82.1 cm³/mol. The van der Waals surface area contributed by atoms with Gasteiger partial charge in [0, 0.05) is 16.2 Å². The first-order valence-corrected chi connectivity index (χ1v) is 7.60. The molecule has 2 unspecified atom stereocenters. The molecule has 2 atom stereocenters. The van der Waals surface area contributed by atoms with Crippen molar-refractivity contribution in [3.05, 3.63) is 29.8 Å². The molecular formula is C15H26N2S. The number of nitrogens with two attached hydrogens (primary N) is 1. The number of benzene rings is 1. The van der Waals surface area contributed by atoms with E-state index in [9.17, 15) is 0 Å². The molecule has 0 fully saturated rings. The molecule has 0 bridgehead atoms. The fourth-order valence-corrected chi connectivity index (χ4v) is 3.07. The van der Waals surface area contributed by atoms with Gasteiger partial charge in [-0.25, -0.2) is 0 Å². The molecule has 3 N–H and O–H groups in total. The van der Waals surface area contributed by atoms with Crippen molar-refractivity contribution in [3.63, 3.8) is 0 Å². The van der Waals surface area contributed by atoms with E-state index < -0.39 is 0 Å². The summed E-state index contributed by atoms with van der Waals surface area (Å²) in [6.07, 6.45) is 1.05. The van der Waals surface area contributed by atoms with E-state index in [1.54, 1.807) is 0 Å². The lowest BCUT2D eigenvalue weighted by Gasteiger charge is -2.24. The Morgan fingerprint density at radius 1 is 1.17 bits per heavy atom. The van der Waals surface area contributed by atoms with Crippen LogP contribution in [0.2, 0.25) is 0 Å². The maximum Gasteiger partial charge on any atom is 0.0343 e. The molecule has 2 nitrogen and oxygen atoms in total. The highest BCUT2D eigenvalue weighted by Crippen LogP contribution is 2.28. The number of rotatable bonds is 7. The second-order valence-corrected chi connectivity index (χ2v) is 6.71. The molecule has 0 amide bonds. The Balaban J connectivity index is 2.75. The molecule has 0 aromatic heterocycles. The van der Waals surface area contributed by atoms with E-state index >= 15 is 0 Å². The van der Waals surface area contributed by atoms with Crippen LogP contribution >= 0.6 is 11.8 Å². The number of hydrogen-bond donors (Lipinski definition) is 2. The molecule has 0 heterocycles. The second-order valence-electron chi connectivity index (χ2n) is 5.06. The average Bonchev–Trinajstić information content (AvgIpc) is 2.32. The molecule has 0 spiro atoms. The number of nitrogens with one attached hydrogen (secondary N) is 1. The molecule has 1 rings (SSSR count). The van der Waals surface area contributed by atoms with Crippen molar-refractivity contribution >= 4 is 11.8 Å². The van der Waals surface area contributed by atoms with Crippen LogP contribution in [0, 0.1) is 5.92 Å². The third kappa shape index (κ3) is 4.63. The number of thioether (sulfide) groups is 1. The highest BCUT2D eigenvalue weighted by atomic mass is 32.2. The minimum absolute atomic E-state index is 0.395. The van der Waals surface area contributed by atoms with Gasteiger partial charge in [-0.1, -0.05) is 32.9 Å². The van der Waals surface area contributed by atoms with E-state index in [2.05, 4.69) is 50.4 Å². The lowest BCUT2D eigenvalue weighted by Crippen LogP contribution is -2.25. The molecular weight excluding hydrogens is 240 g/mol. The van der Waals surface area contributed by atoms with E-state index in [4.69, 9.17) is 5.73 Å². The van der Waals surface area contributed by atoms with E-state index in [0.29, 0.717) is 17.2 Å². The summed E-state index contributed by atoms with van der Waals surface area (Å²) in [5.74, 6) is 0.559. The zero-order valence-electron chi connectivity index (χ0n) is 11.9. The van der Waals surface area contributed by atoms with Crippen LogP contribution in [0.4, 0.5) is 0 Å². The molecule has 0 saturated heterocycles. The summed E-state index contributed by atoms with van der Waals surface area (Å²) in [4.78, 5) is 1.34. The summed E-state index contributed by atoms with van der Waals surface area (Å²) in [6, 6.07) is 9.31. The van der Waals surface area contributed by atoms with Gasteiger partial charge < -0.3 is 11.1 Å². The van der Waals surface area contributed by atoms with Gasteiger partial charge in [0.2, 0.25) is 0 Å². The van der Waals surface area contributed by atoms with Crippen LogP contribution in [0.25, 0.3) is 0 Å². The quantitative estimate of drug-likeness (QED) is 0.743. The van der Waals surface area contributed by atoms with E-state index in [-0.39, 0.29) is 0 Å². The van der Waals surface area contributed by atoms with Gasteiger partial charge in [-0.3, -0.25) is 0 Å². The van der Waals surface area contributed by atoms with Crippen molar-refractivity contribution in [1.82, 2.24) is 5.32 Å². The molecule has 1 aromatic carbocycles. The van der Waals surface area contributed by atoms with Crippen LogP contribution in [0.15, 0.2) is 29.2 Å². The van der Waals surface area contributed by atoms with Crippen molar-refractivity contribution in [2.75, 3.05) is 13.6 Å². The summed E-state index contributed by atoms with van der Waals surface area (Å²) in [7, 11) is 2.02. The van der Waals surface area contributed by atoms with Crippen LogP contribution in [0.5, 0.6) is 0 Å². The average molecular weight is 266 g/mol. The summed E-state index contributed by atoms with van der Waals surface area (Å²) in [6.45, 7) is 7.45. The highest BCUT2D eigenvalue weighted by molar-refractivity contribution is 7.99. The van der Waals surface area contributed by atoms with Gasteiger partial charge in [0.15, 0.2) is 0 Å². The van der Waals surface area contributed by atoms with Gasteiger partial charge in [-0.2, -0.15) is 0 Å². The fourth-order valence-electron chi connectivity index (χ4n) is 2.24. The smallest absolute Gasteiger partial charge is 0.0343 e. The minimum Gasteiger partial charge on any atom is -0.330 e. The SMILES string of the molecule is CNC(c1ccc(SC(C)C)cc1)C(C)CCN. The Morgan fingerprint density at radius 3 is 2.22 bits per heavy atom. The first-order chi connectivity index (χ1) is 8.58. The zero-order valence-corrected chi connectivity index (χ0v) is 12.8. The van der Waals surface area contributed by atoms with E-state index in [1.165, 1.54) is 10.5 Å². The van der Waals surface area contributed by atoms with Crippen molar-refractivity contribution in [2.24, 2.45) is 11.7 Å². The first kappa shape index (κ1) is 15.5. The molecule has 0 saturated carbocycles. The van der Waals surface area contributed by atoms with Crippen LogP contribution in [-0.2, 0) is 0 Å². The monoisotopic (exact) mass is 266 g/mol. The van der Waals surface area contributed by atoms with Crippen molar-refractivity contribution in [3.8, 4) is 0 Å². The van der Waals surface area contributed by atoms with Crippen molar-refractivity contribution < 1.29 is 0 Å². The maximum atomic E-state index is 5.65. The lowest BCUT2D eigenvalue weighted by atomic mass is 9.92. The third-order valence-corrected chi connectivity index (χ3v) is 4.13. The molecule has 0 radical (unpaired) electrons. The minimum atomic E-state index is 0.395. The molecule has 0 aliphatic carbocycles. The Morgan fingerprint density at radius 2 is 1.78 bits per heavy atom. The molecule has 0 aliphatic rings. The summed E-state index contributed by atoms with van der Waals surface area (Å²) < 4.78 is 0. The topological polar surface area (TPSA) is 38.0 Å². The summed E-state index contributed by atoms with van der Waals surface area (Å²) in [5.41, 5.74) is 7.00. The lowest BCUT2D eigenvalue weighted by molar-refractivity contribution is 0.391. The fraction of sp³-hybridized carbons (Fsp3) is 0.600. The third-order valence-electron chi connectivity index (χ3n) is 3.11. The molecule has 102 valence electrons. The van der Waals surface area contributed by atoms with Gasteiger partial charge in [0.1, 0.15) is 0 Å². The Hall–Kier alpha value is -0.510. The van der Waals surface area contributed by atoms with Gasteiger partial charge in [0.25, 0.3) is 0 Å². The van der Waals surface area contributed by atoms with Crippen molar-refractivity contribution in [1.29, 1.82) is 0 Å². The molecule has 1 aromatic rings. The second kappa shape index (κ2) is 7.82. The Kier molecular flexibility index (Phi) is 6.76. The van der Waals surface area contributed by atoms with Crippen molar-refractivity contribution in [2.45, 2.75) is 43.4 Å². The van der Waals surface area contributed by atoms with Crippen LogP contribution in [0.1, 0.15) is 38.8 Å². The van der Waals surface area contributed by atoms with Gasteiger partial charge >= 0.3 is 0 Å². The standard InChI is InChI=1S/C15H26N2S/c1-11(2)18-14-7-5-13(6-8-14)15(17-4)12(3)9-10-16/h5-8,11-12,15,17H,9-10,16H2,1-4H3. The predicted octanol–water partition coefficient (Wildman–Crippen LogP) is 3.43. The Labute approximate surface area is 116 Å². The highest BCUT2D eigenvalue weighted by Gasteiger charge is 2.16. The summed E-state index contributed by atoms with van der Waals surface area (Å²) >= 11 is 1.90. The van der Waals surface area contributed by atoms with Crippen LogP contribution in [0.3, 0.4) is 0 Å². The first-order valence-electron chi connectivity index (χ1n) is 6.72. The normalized spacial score (nSPS) is 14.8. The zero-order chi connectivity index (χ0) is 13.5. The molecule has 3 heteroatoms. The Bertz CT molecular complexity index is 335. The summed E-state index contributed by atoms with van der Waals surface area (Å²) in [5, 5.41) is 4.03. The molecule has 0 aliphatic heterocycles. The molecule has 18 heavy (non-hydrogen) atoms. The maximum absolute atomic E-state index is 5.65. The largest absolute Gasteiger partial charge is 0.330 e. The van der Waals surface area contributed by atoms with Crippen LogP contribution < -0.4 is 11.1 Å². The van der Waals surface area contributed by atoms with Gasteiger partial charge in [-0.15, -0.1) is 11.8 Å².